The number of amides is 1. The third-order valence-electron chi connectivity index (χ3n) is 3.74. The minimum atomic E-state index is -0.588. The number of fused-ring (bicyclic) bond motifs is 3. The molecule has 1 amide bonds. The summed E-state index contributed by atoms with van der Waals surface area (Å²) in [6.45, 7) is 1.91. The third-order valence-corrected chi connectivity index (χ3v) is 3.74. The lowest BCUT2D eigenvalue weighted by Crippen LogP contribution is -2.14. The van der Waals surface area contributed by atoms with Gasteiger partial charge in [-0.05, 0) is 48.9 Å². The molecule has 0 aliphatic heterocycles. The van der Waals surface area contributed by atoms with Crippen molar-refractivity contribution >= 4 is 28.3 Å². The molecule has 4 rings (SSSR count). The van der Waals surface area contributed by atoms with E-state index in [4.69, 9.17) is 0 Å². The van der Waals surface area contributed by atoms with Crippen LogP contribution in [0.3, 0.4) is 0 Å². The van der Waals surface area contributed by atoms with Crippen LogP contribution in [0.25, 0.3) is 16.7 Å². The molecule has 2 N–H and O–H groups in total. The molecule has 7 nitrogen and oxygen atoms in total. The Bertz CT molecular complexity index is 1180. The van der Waals surface area contributed by atoms with E-state index in [-0.39, 0.29) is 11.5 Å². The summed E-state index contributed by atoms with van der Waals surface area (Å²) in [5.74, 6) is -1.14. The number of aromatic nitrogens is 4. The van der Waals surface area contributed by atoms with Gasteiger partial charge in [0.25, 0.3) is 11.5 Å². The van der Waals surface area contributed by atoms with Crippen LogP contribution in [0.5, 0.6) is 0 Å². The number of halogens is 1. The Kier molecular flexibility index (Phi) is 3.31. The van der Waals surface area contributed by atoms with Gasteiger partial charge in [-0.15, -0.1) is 5.10 Å². The smallest absolute Gasteiger partial charge is 0.295 e. The number of carbonyl (C=O) groups is 1. The minimum Gasteiger partial charge on any atom is -0.319 e. The molecule has 0 fully saturated rings. The van der Waals surface area contributed by atoms with Crippen molar-refractivity contribution in [1.82, 2.24) is 19.6 Å². The van der Waals surface area contributed by atoms with Crippen LogP contribution in [0, 0.1) is 12.7 Å². The molecule has 124 valence electrons. The molecule has 0 bridgehead atoms. The number of aryl methyl sites for hydroxylation is 1. The second-order valence-corrected chi connectivity index (χ2v) is 5.61. The number of benzene rings is 2. The van der Waals surface area contributed by atoms with E-state index in [1.54, 1.807) is 6.07 Å². The van der Waals surface area contributed by atoms with Crippen molar-refractivity contribution in [3.8, 4) is 0 Å². The Labute approximate surface area is 140 Å². The van der Waals surface area contributed by atoms with Crippen LogP contribution in [-0.4, -0.2) is 25.5 Å². The Balaban J connectivity index is 1.79. The van der Waals surface area contributed by atoms with Gasteiger partial charge in [0.15, 0.2) is 0 Å². The first-order chi connectivity index (χ1) is 12.0. The van der Waals surface area contributed by atoms with Gasteiger partial charge in [0.05, 0.1) is 11.0 Å². The highest BCUT2D eigenvalue weighted by Gasteiger charge is 2.17. The molecule has 0 aliphatic carbocycles. The fraction of sp³-hybridized carbons (Fsp3) is 0.0588. The van der Waals surface area contributed by atoms with Crippen LogP contribution < -0.4 is 10.9 Å². The fourth-order valence-corrected chi connectivity index (χ4v) is 2.56. The summed E-state index contributed by atoms with van der Waals surface area (Å²) in [4.78, 5) is 31.2. The van der Waals surface area contributed by atoms with E-state index in [9.17, 15) is 14.0 Å². The molecular formula is C17H12FN5O2. The molecule has 0 unspecified atom stereocenters. The van der Waals surface area contributed by atoms with Gasteiger partial charge < -0.3 is 10.3 Å². The van der Waals surface area contributed by atoms with E-state index in [0.29, 0.717) is 16.7 Å². The first kappa shape index (κ1) is 15.0. The van der Waals surface area contributed by atoms with Crippen LogP contribution in [-0.2, 0) is 0 Å². The topological polar surface area (TPSA) is 92.1 Å². The number of hydrogen-bond acceptors (Lipinski definition) is 4. The van der Waals surface area contributed by atoms with Crippen molar-refractivity contribution < 1.29 is 9.18 Å². The Hall–Kier alpha value is -3.55. The average Bonchev–Trinajstić information content (AvgIpc) is 3.03. The molecule has 8 heteroatoms. The van der Waals surface area contributed by atoms with Crippen LogP contribution >= 0.6 is 0 Å². The molecule has 0 radical (unpaired) electrons. The van der Waals surface area contributed by atoms with Gasteiger partial charge in [-0.2, -0.15) is 4.98 Å². The fourth-order valence-electron chi connectivity index (χ4n) is 2.56. The predicted octanol–water partition coefficient (Wildman–Crippen LogP) is 2.27. The van der Waals surface area contributed by atoms with E-state index >= 15 is 0 Å². The van der Waals surface area contributed by atoms with Crippen LogP contribution in [0.1, 0.15) is 16.2 Å². The first-order valence-electron chi connectivity index (χ1n) is 7.47. The molecule has 2 aromatic heterocycles. The van der Waals surface area contributed by atoms with Gasteiger partial charge in [-0.1, -0.05) is 6.07 Å². The average molecular weight is 337 g/mol. The second-order valence-electron chi connectivity index (χ2n) is 5.61. The number of carbonyl (C=O) groups excluding carboxylic acids is 1. The third kappa shape index (κ3) is 2.63. The molecule has 0 saturated carbocycles. The molecule has 25 heavy (non-hydrogen) atoms. The number of nitrogens with one attached hydrogen (secondary N) is 2. The van der Waals surface area contributed by atoms with E-state index in [1.807, 2.05) is 19.1 Å². The lowest BCUT2D eigenvalue weighted by molar-refractivity contribution is 0.101. The predicted molar refractivity (Wildman–Crippen MR) is 90.2 cm³/mol. The van der Waals surface area contributed by atoms with Gasteiger partial charge in [0.1, 0.15) is 5.82 Å². The molecule has 0 spiro atoms. The number of rotatable bonds is 2. The Morgan fingerprint density at radius 1 is 1.20 bits per heavy atom. The molecule has 2 heterocycles. The molecule has 0 saturated heterocycles. The maximum atomic E-state index is 12.9. The number of anilines is 1. The Morgan fingerprint density at radius 2 is 1.96 bits per heavy atom. The molecule has 2 aromatic carbocycles. The summed E-state index contributed by atoms with van der Waals surface area (Å²) < 4.78 is 14.3. The monoisotopic (exact) mass is 337 g/mol. The normalized spacial score (nSPS) is 11.1. The molecule has 0 atom stereocenters. The van der Waals surface area contributed by atoms with Gasteiger partial charge >= 0.3 is 0 Å². The van der Waals surface area contributed by atoms with Crippen molar-refractivity contribution in [3.63, 3.8) is 0 Å². The lowest BCUT2D eigenvalue weighted by Gasteiger charge is -2.01. The molecule has 4 aromatic rings. The zero-order valence-electron chi connectivity index (χ0n) is 13.1. The first-order valence-corrected chi connectivity index (χ1v) is 7.47. The summed E-state index contributed by atoms with van der Waals surface area (Å²) in [5.41, 5.74) is 2.21. The van der Waals surface area contributed by atoms with E-state index in [1.165, 1.54) is 28.8 Å². The number of nitrogens with zero attached hydrogens (tertiary/aromatic N) is 3. The maximum absolute atomic E-state index is 12.9. The number of hydrogen-bond donors (Lipinski definition) is 2. The number of H-pyrrole nitrogens is 1. The van der Waals surface area contributed by atoms with E-state index in [2.05, 4.69) is 20.4 Å². The second kappa shape index (κ2) is 5.52. The van der Waals surface area contributed by atoms with Crippen molar-refractivity contribution in [2.75, 3.05) is 5.32 Å². The molecule has 0 aliphatic rings. The van der Waals surface area contributed by atoms with Gasteiger partial charge in [0, 0.05) is 5.69 Å². The zero-order chi connectivity index (χ0) is 17.6. The minimum absolute atomic E-state index is 0.0283. The quantitative estimate of drug-likeness (QED) is 0.587. The van der Waals surface area contributed by atoms with E-state index in [0.717, 1.165) is 5.56 Å². The highest BCUT2D eigenvalue weighted by atomic mass is 19.1. The SMILES string of the molecule is Cc1ccc2c(c1)[nH]c(=O)c1nc(C(=O)Nc3ccc(F)cc3)nn12. The molecular weight excluding hydrogens is 325 g/mol. The zero-order valence-corrected chi connectivity index (χ0v) is 13.1. The number of aromatic amines is 1. The van der Waals surface area contributed by atoms with Crippen LogP contribution in [0.15, 0.2) is 47.3 Å². The summed E-state index contributed by atoms with van der Waals surface area (Å²) >= 11 is 0. The van der Waals surface area contributed by atoms with Gasteiger partial charge in [-0.3, -0.25) is 9.59 Å². The summed E-state index contributed by atoms with van der Waals surface area (Å²) in [7, 11) is 0. The van der Waals surface area contributed by atoms with Gasteiger partial charge in [-0.25, -0.2) is 8.91 Å². The lowest BCUT2D eigenvalue weighted by atomic mass is 10.2. The van der Waals surface area contributed by atoms with Crippen molar-refractivity contribution in [2.24, 2.45) is 0 Å². The van der Waals surface area contributed by atoms with Crippen molar-refractivity contribution in [2.45, 2.75) is 6.92 Å². The highest BCUT2D eigenvalue weighted by Crippen LogP contribution is 2.14. The van der Waals surface area contributed by atoms with Crippen LogP contribution in [0.2, 0.25) is 0 Å². The van der Waals surface area contributed by atoms with E-state index < -0.39 is 17.3 Å². The van der Waals surface area contributed by atoms with Crippen molar-refractivity contribution in [3.05, 3.63) is 70.0 Å². The summed E-state index contributed by atoms with van der Waals surface area (Å²) in [5, 5.41) is 6.71. The standard InChI is InChI=1S/C17H12FN5O2/c1-9-2-7-13-12(8-9)20-17(25)15-21-14(22-23(13)15)16(24)19-11-5-3-10(18)4-6-11/h2-8H,1H3,(H,19,24)(H,20,25). The summed E-state index contributed by atoms with van der Waals surface area (Å²) in [6.07, 6.45) is 0. The largest absolute Gasteiger partial charge is 0.319 e. The van der Waals surface area contributed by atoms with Crippen LogP contribution in [0.4, 0.5) is 10.1 Å². The summed E-state index contributed by atoms with van der Waals surface area (Å²) in [6, 6.07) is 10.8. The van der Waals surface area contributed by atoms with Gasteiger partial charge in [0.2, 0.25) is 11.5 Å². The van der Waals surface area contributed by atoms with Crippen molar-refractivity contribution in [1.29, 1.82) is 0 Å². The highest BCUT2D eigenvalue weighted by molar-refractivity contribution is 6.02. The Morgan fingerprint density at radius 3 is 2.72 bits per heavy atom. The maximum Gasteiger partial charge on any atom is 0.295 e.